The zero-order chi connectivity index (χ0) is 8.15. The highest BCUT2D eigenvalue weighted by Crippen LogP contribution is 1.85. The minimum absolute atomic E-state index is 0.432. The van der Waals surface area contributed by atoms with Crippen LogP contribution in [0.1, 0.15) is 6.92 Å². The first-order valence-electron chi connectivity index (χ1n) is 2.93. The standard InChI is InChI=1S/C7H12N2O/c1-6(7(8)10)4-5-9(2)3/h5H,1-3H3,(H2,8,10). The topological polar surface area (TPSA) is 46.3 Å². The van der Waals surface area contributed by atoms with Gasteiger partial charge in [0.25, 0.3) is 5.91 Å². The second kappa shape index (κ2) is 3.75. The molecule has 0 heterocycles. The first-order chi connectivity index (χ1) is 4.54. The van der Waals surface area contributed by atoms with Gasteiger partial charge in [-0.1, -0.05) is 5.73 Å². The number of nitrogens with zero attached hydrogens (tertiary/aromatic N) is 1. The molecule has 0 saturated carbocycles. The lowest BCUT2D eigenvalue weighted by atomic mass is 10.3. The zero-order valence-corrected chi connectivity index (χ0v) is 6.51. The smallest absolute Gasteiger partial charge is 0.252 e. The van der Waals surface area contributed by atoms with Crippen LogP contribution in [0.4, 0.5) is 0 Å². The van der Waals surface area contributed by atoms with E-state index in [0.29, 0.717) is 5.57 Å². The Morgan fingerprint density at radius 3 is 2.40 bits per heavy atom. The number of carbonyl (C=O) groups excluding carboxylic acids is 1. The molecule has 0 radical (unpaired) electrons. The molecule has 0 aliphatic carbocycles. The summed E-state index contributed by atoms with van der Waals surface area (Å²) in [6.07, 6.45) is 1.65. The predicted octanol–water partition coefficient (Wildman–Crippen LogP) is 0.0922. The van der Waals surface area contributed by atoms with E-state index < -0.39 is 5.91 Å². The van der Waals surface area contributed by atoms with Crippen molar-refractivity contribution in [2.45, 2.75) is 6.92 Å². The molecule has 0 aromatic heterocycles. The SMILES string of the molecule is CC(=C=CN(C)C)C(N)=O. The lowest BCUT2D eigenvalue weighted by Gasteiger charge is -1.99. The van der Waals surface area contributed by atoms with E-state index in [2.05, 4.69) is 5.73 Å². The Bertz CT molecular complexity index is 188. The molecule has 0 spiro atoms. The van der Waals surface area contributed by atoms with Crippen LogP contribution in [0, 0.1) is 0 Å². The number of primary amides is 1. The minimum atomic E-state index is -0.432. The van der Waals surface area contributed by atoms with E-state index >= 15 is 0 Å². The predicted molar refractivity (Wildman–Crippen MR) is 40.2 cm³/mol. The molecule has 2 N–H and O–H groups in total. The fourth-order valence-electron chi connectivity index (χ4n) is 0.297. The summed E-state index contributed by atoms with van der Waals surface area (Å²) in [7, 11) is 3.70. The van der Waals surface area contributed by atoms with Crippen molar-refractivity contribution >= 4 is 5.91 Å². The Hall–Kier alpha value is -1.21. The Labute approximate surface area is 60.8 Å². The molecule has 0 atom stereocenters. The minimum Gasteiger partial charge on any atom is -0.377 e. The third kappa shape index (κ3) is 3.75. The maximum Gasteiger partial charge on any atom is 0.252 e. The van der Waals surface area contributed by atoms with Crippen molar-refractivity contribution in [1.29, 1.82) is 0 Å². The zero-order valence-electron chi connectivity index (χ0n) is 6.51. The highest BCUT2D eigenvalue weighted by molar-refractivity contribution is 5.90. The molecule has 56 valence electrons. The molecule has 3 heteroatoms. The van der Waals surface area contributed by atoms with Gasteiger partial charge in [0.05, 0.1) is 5.57 Å². The van der Waals surface area contributed by atoms with E-state index in [1.807, 2.05) is 14.1 Å². The second-order valence-electron chi connectivity index (χ2n) is 2.23. The van der Waals surface area contributed by atoms with Crippen LogP contribution in [0.3, 0.4) is 0 Å². The number of amides is 1. The van der Waals surface area contributed by atoms with Crippen molar-refractivity contribution in [1.82, 2.24) is 4.90 Å². The van der Waals surface area contributed by atoms with Crippen LogP contribution in [-0.2, 0) is 4.79 Å². The average molecular weight is 140 g/mol. The Kier molecular flexibility index (Phi) is 3.29. The van der Waals surface area contributed by atoms with Gasteiger partial charge < -0.3 is 10.6 Å². The van der Waals surface area contributed by atoms with Gasteiger partial charge in [0.15, 0.2) is 0 Å². The van der Waals surface area contributed by atoms with Gasteiger partial charge in [0, 0.05) is 20.3 Å². The van der Waals surface area contributed by atoms with Gasteiger partial charge in [-0.25, -0.2) is 0 Å². The third-order valence-corrected chi connectivity index (χ3v) is 0.909. The van der Waals surface area contributed by atoms with Gasteiger partial charge >= 0.3 is 0 Å². The summed E-state index contributed by atoms with van der Waals surface area (Å²) < 4.78 is 0. The lowest BCUT2D eigenvalue weighted by Crippen LogP contribution is -2.11. The van der Waals surface area contributed by atoms with Crippen LogP contribution in [0.15, 0.2) is 17.5 Å². The van der Waals surface area contributed by atoms with Crippen LogP contribution in [0.25, 0.3) is 0 Å². The molecule has 1 amide bonds. The molecule has 3 nitrogen and oxygen atoms in total. The van der Waals surface area contributed by atoms with E-state index in [1.54, 1.807) is 18.0 Å². The number of carbonyl (C=O) groups is 1. The van der Waals surface area contributed by atoms with Gasteiger partial charge in [0.2, 0.25) is 0 Å². The van der Waals surface area contributed by atoms with Crippen molar-refractivity contribution in [3.63, 3.8) is 0 Å². The fourth-order valence-corrected chi connectivity index (χ4v) is 0.297. The van der Waals surface area contributed by atoms with Crippen LogP contribution >= 0.6 is 0 Å². The van der Waals surface area contributed by atoms with Crippen molar-refractivity contribution in [2.24, 2.45) is 5.73 Å². The molecule has 0 aromatic rings. The van der Waals surface area contributed by atoms with E-state index in [-0.39, 0.29) is 0 Å². The summed E-state index contributed by atoms with van der Waals surface area (Å²) >= 11 is 0. The molecule has 10 heavy (non-hydrogen) atoms. The summed E-state index contributed by atoms with van der Waals surface area (Å²) in [5.41, 5.74) is 8.11. The number of hydrogen-bond donors (Lipinski definition) is 1. The largest absolute Gasteiger partial charge is 0.377 e. The normalized spacial score (nSPS) is 7.90. The fraction of sp³-hybridized carbons (Fsp3) is 0.429. The third-order valence-electron chi connectivity index (χ3n) is 0.909. The molecule has 0 aliphatic heterocycles. The van der Waals surface area contributed by atoms with Crippen molar-refractivity contribution < 1.29 is 4.79 Å². The first-order valence-corrected chi connectivity index (χ1v) is 2.93. The van der Waals surface area contributed by atoms with E-state index in [0.717, 1.165) is 0 Å². The van der Waals surface area contributed by atoms with Crippen molar-refractivity contribution in [3.8, 4) is 0 Å². The van der Waals surface area contributed by atoms with Crippen LogP contribution < -0.4 is 5.73 Å². The number of nitrogens with two attached hydrogens (primary N) is 1. The molecule has 0 bridgehead atoms. The van der Waals surface area contributed by atoms with Crippen molar-refractivity contribution in [3.05, 3.63) is 17.5 Å². The molecule has 0 saturated heterocycles. The molecule has 0 unspecified atom stereocenters. The number of rotatable bonds is 2. The van der Waals surface area contributed by atoms with Crippen LogP contribution in [0.5, 0.6) is 0 Å². The quantitative estimate of drug-likeness (QED) is 0.436. The molecule has 0 aromatic carbocycles. The lowest BCUT2D eigenvalue weighted by molar-refractivity contribution is -0.114. The molecule has 0 fully saturated rings. The van der Waals surface area contributed by atoms with Gasteiger partial charge in [0.1, 0.15) is 0 Å². The highest BCUT2D eigenvalue weighted by atomic mass is 16.1. The summed E-state index contributed by atoms with van der Waals surface area (Å²) in [6, 6.07) is 0. The molecule has 0 rings (SSSR count). The Balaban J connectivity index is 4.29. The average Bonchev–Trinajstić information content (AvgIpc) is 1.82. The summed E-state index contributed by atoms with van der Waals surface area (Å²) in [5.74, 6) is -0.432. The maximum absolute atomic E-state index is 10.4. The van der Waals surface area contributed by atoms with Gasteiger partial charge in [-0.3, -0.25) is 4.79 Å². The van der Waals surface area contributed by atoms with E-state index in [4.69, 9.17) is 5.73 Å². The summed E-state index contributed by atoms with van der Waals surface area (Å²) in [5, 5.41) is 0. The molecule has 0 aliphatic rings. The van der Waals surface area contributed by atoms with Crippen LogP contribution in [0.2, 0.25) is 0 Å². The highest BCUT2D eigenvalue weighted by Gasteiger charge is 1.91. The molecular weight excluding hydrogens is 128 g/mol. The van der Waals surface area contributed by atoms with E-state index in [9.17, 15) is 4.79 Å². The van der Waals surface area contributed by atoms with Gasteiger partial charge in [-0.05, 0) is 6.92 Å². The molecular formula is C7H12N2O. The second-order valence-corrected chi connectivity index (χ2v) is 2.23. The summed E-state index contributed by atoms with van der Waals surface area (Å²) in [6.45, 7) is 1.63. The van der Waals surface area contributed by atoms with Gasteiger partial charge in [-0.2, -0.15) is 0 Å². The Morgan fingerprint density at radius 1 is 1.60 bits per heavy atom. The van der Waals surface area contributed by atoms with Gasteiger partial charge in [-0.15, -0.1) is 0 Å². The number of hydrogen-bond acceptors (Lipinski definition) is 2. The first kappa shape index (κ1) is 8.79. The monoisotopic (exact) mass is 140 g/mol. The van der Waals surface area contributed by atoms with E-state index in [1.165, 1.54) is 0 Å². The maximum atomic E-state index is 10.4. The van der Waals surface area contributed by atoms with Crippen molar-refractivity contribution in [2.75, 3.05) is 14.1 Å². The summed E-state index contributed by atoms with van der Waals surface area (Å²) in [4.78, 5) is 12.2. The Morgan fingerprint density at radius 2 is 2.10 bits per heavy atom. The van der Waals surface area contributed by atoms with Crippen LogP contribution in [-0.4, -0.2) is 24.9 Å².